The molecule has 1 saturated heterocycles. The van der Waals surface area contributed by atoms with Crippen molar-refractivity contribution in [1.29, 1.82) is 0 Å². The molecule has 0 spiro atoms. The zero-order chi connectivity index (χ0) is 17.6. The summed E-state index contributed by atoms with van der Waals surface area (Å²) in [6.07, 6.45) is -0.0477. The van der Waals surface area contributed by atoms with Crippen LogP contribution in [0.5, 0.6) is 0 Å². The van der Waals surface area contributed by atoms with Crippen molar-refractivity contribution >= 4 is 39.1 Å². The van der Waals surface area contributed by atoms with Gasteiger partial charge in [0, 0.05) is 29.6 Å². The lowest BCUT2D eigenvalue weighted by molar-refractivity contribution is 0.0885. The van der Waals surface area contributed by atoms with Gasteiger partial charge in [0.05, 0.1) is 23.7 Å². The van der Waals surface area contributed by atoms with E-state index in [0.29, 0.717) is 22.9 Å². The molecule has 0 bridgehead atoms. The lowest BCUT2D eigenvalue weighted by Gasteiger charge is -2.29. The summed E-state index contributed by atoms with van der Waals surface area (Å²) in [5, 5.41) is 14.0. The van der Waals surface area contributed by atoms with E-state index in [1.807, 2.05) is 0 Å². The Kier molecular flexibility index (Phi) is 4.72. The highest BCUT2D eigenvalue weighted by Crippen LogP contribution is 2.40. The average molecular weight is 393 g/mol. The summed E-state index contributed by atoms with van der Waals surface area (Å²) in [7, 11) is -1.51. The Bertz CT molecular complexity index is 784. The third-order valence-corrected chi connectivity index (χ3v) is 6.91. The van der Waals surface area contributed by atoms with Gasteiger partial charge >= 0.3 is 6.03 Å². The Hall–Kier alpha value is -1.02. The van der Waals surface area contributed by atoms with Crippen LogP contribution >= 0.6 is 23.2 Å². The summed E-state index contributed by atoms with van der Waals surface area (Å²) in [5.41, 5.74) is 1.50. The summed E-state index contributed by atoms with van der Waals surface area (Å²) in [6, 6.07) is 1.92. The molecule has 3 atom stereocenters. The molecular formula is C15H18Cl2N2O4S. The van der Waals surface area contributed by atoms with Gasteiger partial charge in [-0.05, 0) is 29.7 Å². The van der Waals surface area contributed by atoms with Gasteiger partial charge in [-0.15, -0.1) is 0 Å². The number of sulfone groups is 1. The van der Waals surface area contributed by atoms with Crippen LogP contribution in [0.4, 0.5) is 4.79 Å². The van der Waals surface area contributed by atoms with Crippen molar-refractivity contribution in [3.63, 3.8) is 0 Å². The van der Waals surface area contributed by atoms with E-state index in [1.165, 1.54) is 4.90 Å². The highest BCUT2D eigenvalue weighted by Gasteiger charge is 2.38. The summed E-state index contributed by atoms with van der Waals surface area (Å²) in [6.45, 7) is 0. The Morgan fingerprint density at radius 1 is 1.38 bits per heavy atom. The van der Waals surface area contributed by atoms with Gasteiger partial charge in [-0.25, -0.2) is 13.2 Å². The third-order valence-electron chi connectivity index (χ3n) is 4.59. The van der Waals surface area contributed by atoms with Crippen LogP contribution in [-0.2, 0) is 16.3 Å². The molecule has 2 aliphatic rings. The van der Waals surface area contributed by atoms with Crippen LogP contribution in [0.25, 0.3) is 0 Å². The number of hydrogen-bond donors (Lipinski definition) is 2. The van der Waals surface area contributed by atoms with E-state index >= 15 is 0 Å². The zero-order valence-corrected chi connectivity index (χ0v) is 15.3. The van der Waals surface area contributed by atoms with Crippen LogP contribution in [0.3, 0.4) is 0 Å². The Balaban J connectivity index is 1.78. The van der Waals surface area contributed by atoms with Crippen LogP contribution in [-0.4, -0.2) is 55.2 Å². The maximum absolute atomic E-state index is 12.5. The first-order valence-electron chi connectivity index (χ1n) is 7.57. The molecule has 132 valence electrons. The summed E-state index contributed by atoms with van der Waals surface area (Å²) in [5.74, 6) is 0.0375. The SMILES string of the molecule is CN(C(=O)N[C@@H]1CCS(=O)(=O)C1)[C@@H]1c2cc(Cl)cc(Cl)c2C[C@@H]1O. The summed E-state index contributed by atoms with van der Waals surface area (Å²) < 4.78 is 23.0. The Morgan fingerprint density at radius 3 is 2.71 bits per heavy atom. The standard InChI is InChI=1S/C15H18Cl2N2O4S/c1-19(15(21)18-9-2-3-24(22,23)7-9)14-11-4-8(16)5-12(17)10(11)6-13(14)20/h4-5,9,13-14,20H,2-3,6-7H2,1H3,(H,18,21)/t9-,13+,14-/m1/s1. The Morgan fingerprint density at radius 2 is 2.08 bits per heavy atom. The minimum absolute atomic E-state index is 0.0476. The molecule has 0 radical (unpaired) electrons. The van der Waals surface area contributed by atoms with Crippen molar-refractivity contribution in [2.75, 3.05) is 18.6 Å². The molecule has 1 aliphatic carbocycles. The van der Waals surface area contributed by atoms with Gasteiger partial charge in [0.25, 0.3) is 0 Å². The van der Waals surface area contributed by atoms with Crippen LogP contribution in [0.15, 0.2) is 12.1 Å². The fraction of sp³-hybridized carbons (Fsp3) is 0.533. The molecule has 1 heterocycles. The van der Waals surface area contributed by atoms with E-state index in [2.05, 4.69) is 5.32 Å². The number of aliphatic hydroxyl groups excluding tert-OH is 1. The summed E-state index contributed by atoms with van der Waals surface area (Å²) in [4.78, 5) is 13.8. The lowest BCUT2D eigenvalue weighted by Crippen LogP contribution is -2.46. The first-order chi connectivity index (χ1) is 11.2. The highest BCUT2D eigenvalue weighted by molar-refractivity contribution is 7.91. The van der Waals surface area contributed by atoms with E-state index in [1.54, 1.807) is 19.2 Å². The molecule has 1 aliphatic heterocycles. The van der Waals surface area contributed by atoms with Gasteiger partial charge in [-0.2, -0.15) is 0 Å². The molecule has 9 heteroatoms. The molecule has 6 nitrogen and oxygen atoms in total. The van der Waals surface area contributed by atoms with Gasteiger partial charge in [0.1, 0.15) is 0 Å². The molecule has 1 aromatic rings. The van der Waals surface area contributed by atoms with Gasteiger partial charge in [-0.1, -0.05) is 23.2 Å². The number of benzene rings is 1. The van der Waals surface area contributed by atoms with Crippen LogP contribution < -0.4 is 5.32 Å². The number of hydrogen-bond acceptors (Lipinski definition) is 4. The fourth-order valence-electron chi connectivity index (χ4n) is 3.41. The monoisotopic (exact) mass is 392 g/mol. The normalized spacial score (nSPS) is 27.8. The number of carbonyl (C=O) groups is 1. The molecule has 0 unspecified atom stereocenters. The predicted molar refractivity (Wildman–Crippen MR) is 92.3 cm³/mol. The van der Waals surface area contributed by atoms with E-state index in [4.69, 9.17) is 23.2 Å². The van der Waals surface area contributed by atoms with Crippen LogP contribution in [0, 0.1) is 0 Å². The minimum atomic E-state index is -3.07. The number of rotatable bonds is 2. The second-order valence-electron chi connectivity index (χ2n) is 6.33. The van der Waals surface area contributed by atoms with Crippen molar-refractivity contribution in [3.05, 3.63) is 33.3 Å². The number of nitrogens with zero attached hydrogens (tertiary/aromatic N) is 1. The molecule has 2 amide bonds. The number of nitrogens with one attached hydrogen (secondary N) is 1. The Labute approximate surface area is 150 Å². The van der Waals surface area contributed by atoms with Crippen LogP contribution in [0.2, 0.25) is 10.0 Å². The lowest BCUT2D eigenvalue weighted by atomic mass is 10.1. The molecule has 0 aromatic heterocycles. The maximum Gasteiger partial charge on any atom is 0.317 e. The quantitative estimate of drug-likeness (QED) is 0.802. The zero-order valence-electron chi connectivity index (χ0n) is 13.0. The van der Waals surface area contributed by atoms with Crippen molar-refractivity contribution in [2.45, 2.75) is 31.0 Å². The number of likely N-dealkylation sites (N-methyl/N-ethyl adjacent to an activating group) is 1. The fourth-order valence-corrected chi connectivity index (χ4v) is 5.67. The maximum atomic E-state index is 12.5. The molecule has 1 fully saturated rings. The molecule has 24 heavy (non-hydrogen) atoms. The molecular weight excluding hydrogens is 375 g/mol. The van der Waals surface area contributed by atoms with Gasteiger partial charge in [0.2, 0.25) is 0 Å². The molecule has 1 aromatic carbocycles. The van der Waals surface area contributed by atoms with E-state index in [9.17, 15) is 18.3 Å². The third kappa shape index (κ3) is 3.35. The largest absolute Gasteiger partial charge is 0.390 e. The molecule has 2 N–H and O–H groups in total. The van der Waals surface area contributed by atoms with E-state index in [-0.39, 0.29) is 11.5 Å². The number of amides is 2. The topological polar surface area (TPSA) is 86.7 Å². The predicted octanol–water partition coefficient (Wildman–Crippen LogP) is 1.78. The second kappa shape index (κ2) is 6.37. The summed E-state index contributed by atoms with van der Waals surface area (Å²) >= 11 is 12.2. The number of urea groups is 1. The highest BCUT2D eigenvalue weighted by atomic mass is 35.5. The first kappa shape index (κ1) is 17.8. The smallest absolute Gasteiger partial charge is 0.317 e. The van der Waals surface area contributed by atoms with Crippen molar-refractivity contribution in [1.82, 2.24) is 10.2 Å². The first-order valence-corrected chi connectivity index (χ1v) is 10.2. The van der Waals surface area contributed by atoms with Gasteiger partial charge in [-0.3, -0.25) is 0 Å². The number of halogens is 2. The average Bonchev–Trinajstić information content (AvgIpc) is 2.97. The number of aliphatic hydroxyl groups is 1. The van der Waals surface area contributed by atoms with Crippen molar-refractivity contribution in [2.24, 2.45) is 0 Å². The minimum Gasteiger partial charge on any atom is -0.390 e. The second-order valence-corrected chi connectivity index (χ2v) is 9.40. The van der Waals surface area contributed by atoms with Crippen molar-refractivity contribution < 1.29 is 18.3 Å². The number of fused-ring (bicyclic) bond motifs is 1. The molecule has 0 saturated carbocycles. The van der Waals surface area contributed by atoms with Gasteiger partial charge < -0.3 is 15.3 Å². The number of carbonyl (C=O) groups excluding carboxylic acids is 1. The van der Waals surface area contributed by atoms with Gasteiger partial charge in [0.15, 0.2) is 9.84 Å². The van der Waals surface area contributed by atoms with E-state index < -0.39 is 34.1 Å². The van der Waals surface area contributed by atoms with Crippen LogP contribution in [0.1, 0.15) is 23.6 Å². The van der Waals surface area contributed by atoms with E-state index in [0.717, 1.165) is 11.1 Å². The molecule has 3 rings (SSSR count). The van der Waals surface area contributed by atoms with Crippen molar-refractivity contribution in [3.8, 4) is 0 Å².